The van der Waals surface area contributed by atoms with Gasteiger partial charge >= 0.3 is 5.97 Å². The summed E-state index contributed by atoms with van der Waals surface area (Å²) in [6.45, 7) is 0. The standard InChI is InChI=1S/C22H17N3O5/c26-21(14-16-6-2-1-3-7-16)24-23-15-18-8-4-5-9-20(18)30-22(27)17-10-12-19(13-11-17)25(28)29/h1-13,15H,14H2,(H,24,26)/b23-15-. The van der Waals surface area contributed by atoms with Crippen LogP contribution in [0.2, 0.25) is 0 Å². The van der Waals surface area contributed by atoms with Crippen LogP contribution in [0.1, 0.15) is 21.5 Å². The Kier molecular flexibility index (Phi) is 6.63. The number of para-hydroxylation sites is 1. The van der Waals surface area contributed by atoms with Crippen molar-refractivity contribution in [3.63, 3.8) is 0 Å². The molecule has 1 N–H and O–H groups in total. The second kappa shape index (κ2) is 9.74. The molecule has 0 unspecified atom stereocenters. The van der Waals surface area contributed by atoms with Crippen LogP contribution in [-0.2, 0) is 11.2 Å². The van der Waals surface area contributed by atoms with Gasteiger partial charge in [0.05, 0.1) is 23.1 Å². The molecule has 3 rings (SSSR count). The highest BCUT2D eigenvalue weighted by Gasteiger charge is 2.13. The van der Waals surface area contributed by atoms with E-state index in [0.717, 1.165) is 5.56 Å². The third-order valence-electron chi connectivity index (χ3n) is 4.04. The first-order valence-electron chi connectivity index (χ1n) is 8.94. The predicted molar refractivity (Wildman–Crippen MR) is 110 cm³/mol. The van der Waals surface area contributed by atoms with Gasteiger partial charge < -0.3 is 4.74 Å². The van der Waals surface area contributed by atoms with E-state index in [-0.39, 0.29) is 29.3 Å². The zero-order chi connectivity index (χ0) is 21.3. The molecule has 150 valence electrons. The molecule has 8 nitrogen and oxygen atoms in total. The first-order chi connectivity index (χ1) is 14.5. The number of esters is 1. The molecule has 0 bridgehead atoms. The highest BCUT2D eigenvalue weighted by Crippen LogP contribution is 2.19. The van der Waals surface area contributed by atoms with Crippen LogP contribution in [0.15, 0.2) is 84.0 Å². The average molecular weight is 403 g/mol. The quantitative estimate of drug-likeness (QED) is 0.213. The van der Waals surface area contributed by atoms with Gasteiger partial charge in [0.1, 0.15) is 5.75 Å². The minimum Gasteiger partial charge on any atom is -0.422 e. The summed E-state index contributed by atoms with van der Waals surface area (Å²) >= 11 is 0. The number of carbonyl (C=O) groups excluding carboxylic acids is 2. The maximum atomic E-state index is 12.3. The molecule has 0 saturated heterocycles. The van der Waals surface area contributed by atoms with Crippen molar-refractivity contribution < 1.29 is 19.2 Å². The maximum absolute atomic E-state index is 12.3. The Morgan fingerprint density at radius 3 is 2.33 bits per heavy atom. The first-order valence-corrected chi connectivity index (χ1v) is 8.94. The van der Waals surface area contributed by atoms with Crippen LogP contribution >= 0.6 is 0 Å². The van der Waals surface area contributed by atoms with Gasteiger partial charge in [0, 0.05) is 17.7 Å². The number of nitro benzene ring substituents is 1. The SMILES string of the molecule is O=C(Cc1ccccc1)N/N=C\c1ccccc1OC(=O)c1ccc([N+](=O)[O-])cc1. The van der Waals surface area contributed by atoms with Crippen molar-refractivity contribution in [1.29, 1.82) is 0 Å². The third-order valence-corrected chi connectivity index (χ3v) is 4.04. The number of hydrogen-bond acceptors (Lipinski definition) is 6. The number of hydrogen-bond donors (Lipinski definition) is 1. The molecule has 0 saturated carbocycles. The Labute approximate surface area is 172 Å². The number of nitro groups is 1. The van der Waals surface area contributed by atoms with E-state index in [9.17, 15) is 19.7 Å². The third kappa shape index (κ3) is 5.59. The number of ether oxygens (including phenoxy) is 1. The van der Waals surface area contributed by atoms with Crippen LogP contribution in [-0.4, -0.2) is 23.0 Å². The lowest BCUT2D eigenvalue weighted by atomic mass is 10.1. The molecule has 3 aromatic carbocycles. The van der Waals surface area contributed by atoms with Crippen LogP contribution in [0.25, 0.3) is 0 Å². The monoisotopic (exact) mass is 403 g/mol. The molecule has 0 heterocycles. The summed E-state index contributed by atoms with van der Waals surface area (Å²) in [5.74, 6) is -0.710. The van der Waals surface area contributed by atoms with E-state index < -0.39 is 10.9 Å². The van der Waals surface area contributed by atoms with Crippen LogP contribution in [0.5, 0.6) is 5.75 Å². The summed E-state index contributed by atoms with van der Waals surface area (Å²) in [6.07, 6.45) is 1.57. The van der Waals surface area contributed by atoms with Crippen LogP contribution in [0, 0.1) is 10.1 Å². The Balaban J connectivity index is 1.63. The van der Waals surface area contributed by atoms with Gasteiger partial charge in [-0.1, -0.05) is 42.5 Å². The fourth-order valence-electron chi connectivity index (χ4n) is 2.55. The van der Waals surface area contributed by atoms with Gasteiger partial charge in [-0.15, -0.1) is 0 Å². The van der Waals surface area contributed by atoms with Gasteiger partial charge in [0.2, 0.25) is 5.91 Å². The Morgan fingerprint density at radius 2 is 1.63 bits per heavy atom. The molecule has 0 aliphatic heterocycles. The van der Waals surface area contributed by atoms with Crippen molar-refractivity contribution in [1.82, 2.24) is 5.43 Å². The number of carbonyl (C=O) groups is 2. The molecule has 0 spiro atoms. The molecule has 8 heteroatoms. The molecule has 0 atom stereocenters. The van der Waals surface area contributed by atoms with Crippen LogP contribution in [0.4, 0.5) is 5.69 Å². The van der Waals surface area contributed by atoms with E-state index in [0.29, 0.717) is 5.56 Å². The van der Waals surface area contributed by atoms with Crippen LogP contribution in [0.3, 0.4) is 0 Å². The number of non-ortho nitro benzene ring substituents is 1. The lowest BCUT2D eigenvalue weighted by molar-refractivity contribution is -0.384. The summed E-state index contributed by atoms with van der Waals surface area (Å²) in [5, 5.41) is 14.6. The van der Waals surface area contributed by atoms with Gasteiger partial charge in [-0.2, -0.15) is 5.10 Å². The van der Waals surface area contributed by atoms with E-state index in [1.807, 2.05) is 30.3 Å². The van der Waals surface area contributed by atoms with Gasteiger partial charge in [-0.05, 0) is 29.8 Å². The van der Waals surface area contributed by atoms with E-state index in [1.165, 1.54) is 30.5 Å². The number of rotatable bonds is 7. The lowest BCUT2D eigenvalue weighted by Gasteiger charge is -2.07. The smallest absolute Gasteiger partial charge is 0.343 e. The number of nitrogens with zero attached hydrogens (tertiary/aromatic N) is 2. The second-order valence-electron chi connectivity index (χ2n) is 6.19. The summed E-state index contributed by atoms with van der Waals surface area (Å²) < 4.78 is 5.37. The van der Waals surface area contributed by atoms with Gasteiger partial charge in [0.15, 0.2) is 0 Å². The van der Waals surface area contributed by atoms with E-state index in [2.05, 4.69) is 10.5 Å². The summed E-state index contributed by atoms with van der Waals surface area (Å²) in [5.41, 5.74) is 3.83. The van der Waals surface area contributed by atoms with Crippen LogP contribution < -0.4 is 10.2 Å². The minimum atomic E-state index is -0.668. The average Bonchev–Trinajstić information content (AvgIpc) is 2.75. The summed E-state index contributed by atoms with van der Waals surface area (Å²) in [4.78, 5) is 34.5. The van der Waals surface area contributed by atoms with Crippen molar-refractivity contribution in [2.24, 2.45) is 5.10 Å². The first kappa shape index (κ1) is 20.4. The second-order valence-corrected chi connectivity index (χ2v) is 6.19. The highest BCUT2D eigenvalue weighted by molar-refractivity contribution is 5.93. The molecule has 3 aromatic rings. The molecule has 0 aliphatic rings. The molecule has 0 radical (unpaired) electrons. The van der Waals surface area contributed by atoms with Gasteiger partial charge in [-0.3, -0.25) is 14.9 Å². The molecular weight excluding hydrogens is 386 g/mol. The molecule has 30 heavy (non-hydrogen) atoms. The Hall–Kier alpha value is -4.33. The molecule has 1 amide bonds. The Morgan fingerprint density at radius 1 is 0.967 bits per heavy atom. The number of nitrogens with one attached hydrogen (secondary N) is 1. The maximum Gasteiger partial charge on any atom is 0.343 e. The topological polar surface area (TPSA) is 111 Å². The van der Waals surface area contributed by atoms with Gasteiger partial charge in [0.25, 0.3) is 5.69 Å². The van der Waals surface area contributed by atoms with Crippen molar-refractivity contribution in [2.45, 2.75) is 6.42 Å². The van der Waals surface area contributed by atoms with Crippen molar-refractivity contribution in [3.05, 3.63) is 106 Å². The largest absolute Gasteiger partial charge is 0.422 e. The lowest BCUT2D eigenvalue weighted by Crippen LogP contribution is -2.19. The zero-order valence-electron chi connectivity index (χ0n) is 15.7. The van der Waals surface area contributed by atoms with E-state index >= 15 is 0 Å². The van der Waals surface area contributed by atoms with E-state index in [1.54, 1.807) is 24.3 Å². The predicted octanol–water partition coefficient (Wildman–Crippen LogP) is 3.51. The highest BCUT2D eigenvalue weighted by atomic mass is 16.6. The fraction of sp³-hybridized carbons (Fsp3) is 0.0455. The fourth-order valence-corrected chi connectivity index (χ4v) is 2.55. The molecular formula is C22H17N3O5. The number of benzene rings is 3. The molecule has 0 aliphatic carbocycles. The number of hydrazone groups is 1. The van der Waals surface area contributed by atoms with Gasteiger partial charge in [-0.25, -0.2) is 10.2 Å². The van der Waals surface area contributed by atoms with E-state index in [4.69, 9.17) is 4.74 Å². The number of amides is 1. The Bertz CT molecular complexity index is 1080. The molecule has 0 aromatic heterocycles. The summed E-state index contributed by atoms with van der Waals surface area (Å²) in [7, 11) is 0. The van der Waals surface area contributed by atoms with Crippen molar-refractivity contribution >= 4 is 23.8 Å². The van der Waals surface area contributed by atoms with Crippen molar-refractivity contribution in [3.8, 4) is 5.75 Å². The van der Waals surface area contributed by atoms with Crippen molar-refractivity contribution in [2.75, 3.05) is 0 Å². The molecule has 0 fully saturated rings. The minimum absolute atomic E-state index is 0.120. The zero-order valence-corrected chi connectivity index (χ0v) is 15.7. The summed E-state index contributed by atoms with van der Waals surface area (Å²) in [6, 6.07) is 21.0. The normalized spacial score (nSPS) is 10.5.